The van der Waals surface area contributed by atoms with Crippen molar-refractivity contribution in [2.24, 2.45) is 0 Å². The molecule has 0 atom stereocenters. The molecule has 2 nitrogen and oxygen atoms in total. The zero-order chi connectivity index (χ0) is 9.52. The third kappa shape index (κ3) is 3.47. The SMILES string of the molecule is O=C(OCC#CI)c1ccccc1. The van der Waals surface area contributed by atoms with Gasteiger partial charge in [-0.15, -0.1) is 0 Å². The van der Waals surface area contributed by atoms with Gasteiger partial charge in [0.25, 0.3) is 0 Å². The highest BCUT2D eigenvalue weighted by Crippen LogP contribution is 2.00. The predicted molar refractivity (Wildman–Crippen MR) is 58.5 cm³/mol. The van der Waals surface area contributed by atoms with Crippen molar-refractivity contribution in [3.63, 3.8) is 0 Å². The molecular formula is C10H7IO2. The number of carbonyl (C=O) groups is 1. The Labute approximate surface area is 90.4 Å². The molecule has 0 saturated carbocycles. The van der Waals surface area contributed by atoms with Crippen molar-refractivity contribution >= 4 is 28.6 Å². The molecule has 0 saturated heterocycles. The van der Waals surface area contributed by atoms with Crippen LogP contribution < -0.4 is 0 Å². The quantitative estimate of drug-likeness (QED) is 0.473. The topological polar surface area (TPSA) is 26.3 Å². The summed E-state index contributed by atoms with van der Waals surface area (Å²) in [6.45, 7) is 0.149. The summed E-state index contributed by atoms with van der Waals surface area (Å²) in [5.74, 6) is 2.31. The number of halogens is 1. The molecule has 0 fully saturated rings. The highest BCUT2D eigenvalue weighted by molar-refractivity contribution is 14.1. The molecule has 0 amide bonds. The van der Waals surface area contributed by atoms with E-state index < -0.39 is 0 Å². The first-order valence-corrected chi connectivity index (χ1v) is 4.73. The van der Waals surface area contributed by atoms with E-state index in [4.69, 9.17) is 4.74 Å². The molecule has 0 aromatic heterocycles. The van der Waals surface area contributed by atoms with Gasteiger partial charge >= 0.3 is 5.97 Å². The van der Waals surface area contributed by atoms with Gasteiger partial charge in [0.15, 0.2) is 6.61 Å². The average Bonchev–Trinajstić information content (AvgIpc) is 2.19. The lowest BCUT2D eigenvalue weighted by atomic mass is 10.2. The van der Waals surface area contributed by atoms with Crippen LogP contribution in [0.4, 0.5) is 0 Å². The fourth-order valence-corrected chi connectivity index (χ4v) is 0.942. The molecule has 3 heteroatoms. The zero-order valence-electron chi connectivity index (χ0n) is 6.79. The maximum atomic E-state index is 11.2. The second-order valence-electron chi connectivity index (χ2n) is 2.21. The number of rotatable bonds is 2. The Bertz CT molecular complexity index is 335. The van der Waals surface area contributed by atoms with Gasteiger partial charge in [-0.3, -0.25) is 0 Å². The Morgan fingerprint density at radius 1 is 1.38 bits per heavy atom. The van der Waals surface area contributed by atoms with E-state index in [0.717, 1.165) is 0 Å². The van der Waals surface area contributed by atoms with Gasteiger partial charge in [-0.05, 0) is 16.1 Å². The van der Waals surface area contributed by atoms with Gasteiger partial charge in [-0.2, -0.15) is 0 Å². The highest BCUT2D eigenvalue weighted by Gasteiger charge is 2.03. The van der Waals surface area contributed by atoms with Crippen molar-refractivity contribution in [1.82, 2.24) is 0 Å². The largest absolute Gasteiger partial charge is 0.449 e. The maximum Gasteiger partial charge on any atom is 0.339 e. The van der Waals surface area contributed by atoms with Crippen molar-refractivity contribution in [3.8, 4) is 9.85 Å². The third-order valence-electron chi connectivity index (χ3n) is 1.35. The van der Waals surface area contributed by atoms with Gasteiger partial charge in [0, 0.05) is 22.6 Å². The number of carbonyl (C=O) groups excluding carboxylic acids is 1. The third-order valence-corrected chi connectivity index (χ3v) is 1.73. The van der Waals surface area contributed by atoms with E-state index in [1.54, 1.807) is 24.3 Å². The smallest absolute Gasteiger partial charge is 0.339 e. The summed E-state index contributed by atoms with van der Waals surface area (Å²) in [7, 11) is 0. The van der Waals surface area contributed by atoms with E-state index in [9.17, 15) is 4.79 Å². The summed E-state index contributed by atoms with van der Waals surface area (Å²) in [5, 5.41) is 0. The van der Waals surface area contributed by atoms with Gasteiger partial charge < -0.3 is 4.74 Å². The van der Waals surface area contributed by atoms with Crippen LogP contribution in [0.2, 0.25) is 0 Å². The van der Waals surface area contributed by atoms with Crippen molar-refractivity contribution < 1.29 is 9.53 Å². The lowest BCUT2D eigenvalue weighted by molar-refractivity contribution is 0.0557. The molecule has 0 heterocycles. The Morgan fingerprint density at radius 3 is 2.69 bits per heavy atom. The molecule has 1 aromatic rings. The second-order valence-corrected chi connectivity index (χ2v) is 2.75. The fraction of sp³-hybridized carbons (Fsp3) is 0.100. The standard InChI is InChI=1S/C10H7IO2/c11-7-4-8-13-10(12)9-5-2-1-3-6-9/h1-3,5-6H,8H2. The van der Waals surface area contributed by atoms with E-state index in [1.807, 2.05) is 28.7 Å². The van der Waals surface area contributed by atoms with Crippen molar-refractivity contribution in [2.45, 2.75) is 0 Å². The molecule has 0 N–H and O–H groups in total. The Morgan fingerprint density at radius 2 is 2.08 bits per heavy atom. The minimum absolute atomic E-state index is 0.149. The summed E-state index contributed by atoms with van der Waals surface area (Å²) in [6.07, 6.45) is 0. The van der Waals surface area contributed by atoms with Crippen LogP contribution >= 0.6 is 22.6 Å². The molecule has 66 valence electrons. The number of esters is 1. The molecule has 0 bridgehead atoms. The normalized spacial score (nSPS) is 8.38. The lowest BCUT2D eigenvalue weighted by Crippen LogP contribution is -2.04. The van der Waals surface area contributed by atoms with Crippen LogP contribution in [0.5, 0.6) is 0 Å². The minimum atomic E-state index is -0.334. The van der Waals surface area contributed by atoms with E-state index in [1.165, 1.54) is 0 Å². The molecule has 13 heavy (non-hydrogen) atoms. The number of benzene rings is 1. The summed E-state index contributed by atoms with van der Waals surface area (Å²) in [4.78, 5) is 11.2. The lowest BCUT2D eigenvalue weighted by Gasteiger charge is -1.98. The summed E-state index contributed by atoms with van der Waals surface area (Å²) >= 11 is 1.90. The molecule has 1 aromatic carbocycles. The Balaban J connectivity index is 2.53. The molecule has 0 aliphatic rings. The first-order chi connectivity index (χ1) is 6.34. The molecule has 0 aliphatic heterocycles. The van der Waals surface area contributed by atoms with E-state index in [2.05, 4.69) is 9.85 Å². The van der Waals surface area contributed by atoms with E-state index in [0.29, 0.717) is 5.56 Å². The molecular weight excluding hydrogens is 279 g/mol. The number of hydrogen-bond donors (Lipinski definition) is 0. The summed E-state index contributed by atoms with van der Waals surface area (Å²) in [6, 6.07) is 8.85. The zero-order valence-corrected chi connectivity index (χ0v) is 8.95. The van der Waals surface area contributed by atoms with E-state index in [-0.39, 0.29) is 12.6 Å². The highest BCUT2D eigenvalue weighted by atomic mass is 127. The van der Waals surface area contributed by atoms with Crippen LogP contribution in [0.25, 0.3) is 0 Å². The number of ether oxygens (including phenoxy) is 1. The van der Waals surface area contributed by atoms with Crippen LogP contribution in [0, 0.1) is 9.85 Å². The predicted octanol–water partition coefficient (Wildman–Crippen LogP) is 2.24. The van der Waals surface area contributed by atoms with Crippen molar-refractivity contribution in [3.05, 3.63) is 35.9 Å². The fourth-order valence-electron chi connectivity index (χ4n) is 0.786. The van der Waals surface area contributed by atoms with Gasteiger partial charge in [0.1, 0.15) is 0 Å². The van der Waals surface area contributed by atoms with Crippen LogP contribution in [0.1, 0.15) is 10.4 Å². The first-order valence-electron chi connectivity index (χ1n) is 3.65. The van der Waals surface area contributed by atoms with Gasteiger partial charge in [0.2, 0.25) is 0 Å². The van der Waals surface area contributed by atoms with Crippen molar-refractivity contribution in [2.75, 3.05) is 6.61 Å². The molecule has 0 spiro atoms. The second kappa shape index (κ2) is 5.60. The van der Waals surface area contributed by atoms with Crippen molar-refractivity contribution in [1.29, 1.82) is 0 Å². The molecule has 0 radical (unpaired) electrons. The Hall–Kier alpha value is -1.02. The molecule has 0 unspecified atom stereocenters. The summed E-state index contributed by atoms with van der Waals surface area (Å²) in [5.41, 5.74) is 0.553. The van der Waals surface area contributed by atoms with Gasteiger partial charge in [-0.1, -0.05) is 24.1 Å². The van der Waals surface area contributed by atoms with Crippen LogP contribution in [0.3, 0.4) is 0 Å². The molecule has 0 aliphatic carbocycles. The van der Waals surface area contributed by atoms with E-state index >= 15 is 0 Å². The van der Waals surface area contributed by atoms with Crippen LogP contribution in [-0.2, 0) is 4.74 Å². The first kappa shape index (κ1) is 10.1. The summed E-state index contributed by atoms with van der Waals surface area (Å²) < 4.78 is 7.47. The monoisotopic (exact) mass is 286 g/mol. The van der Waals surface area contributed by atoms with Crippen LogP contribution in [0.15, 0.2) is 30.3 Å². The maximum absolute atomic E-state index is 11.2. The minimum Gasteiger partial charge on any atom is -0.449 e. The van der Waals surface area contributed by atoms with Gasteiger partial charge in [0.05, 0.1) is 5.56 Å². The Kier molecular flexibility index (Phi) is 4.33. The van der Waals surface area contributed by atoms with Crippen LogP contribution in [-0.4, -0.2) is 12.6 Å². The molecule has 1 rings (SSSR count). The van der Waals surface area contributed by atoms with Gasteiger partial charge in [-0.25, -0.2) is 4.79 Å². The average molecular weight is 286 g/mol. The number of hydrogen-bond acceptors (Lipinski definition) is 2.